The summed E-state index contributed by atoms with van der Waals surface area (Å²) in [6.45, 7) is 0. The predicted molar refractivity (Wildman–Crippen MR) is 177 cm³/mol. The van der Waals surface area contributed by atoms with Crippen LogP contribution in [-0.2, 0) is 5.16 Å². The Morgan fingerprint density at radius 2 is 1.20 bits per heavy atom. The second-order valence-electron chi connectivity index (χ2n) is 9.68. The van der Waals surface area contributed by atoms with Gasteiger partial charge in [0.05, 0.1) is 21.0 Å². The molecule has 0 bridgehead atoms. The lowest BCUT2D eigenvalue weighted by atomic mass is 9.92. The molecule has 5 aromatic carbocycles. The first-order chi connectivity index (χ1) is 20.2. The Hall–Kier alpha value is -4.38. The molecule has 0 spiro atoms. The van der Waals surface area contributed by atoms with E-state index in [1.807, 2.05) is 61.1 Å². The van der Waals surface area contributed by atoms with Crippen LogP contribution in [0.1, 0.15) is 22.3 Å². The molecule has 0 N–H and O–H groups in total. The van der Waals surface area contributed by atoms with Gasteiger partial charge in [-0.05, 0) is 40.0 Å². The summed E-state index contributed by atoms with van der Waals surface area (Å²) in [7, 11) is 4.82. The molecule has 41 heavy (non-hydrogen) atoms. The van der Waals surface area contributed by atoms with Gasteiger partial charge in [-0.3, -0.25) is 0 Å². The van der Waals surface area contributed by atoms with Crippen molar-refractivity contribution in [3.63, 3.8) is 0 Å². The monoisotopic (exact) mass is 564 g/mol. The quantitative estimate of drug-likeness (QED) is 0.190. The molecule has 6 aromatic rings. The summed E-state index contributed by atoms with van der Waals surface area (Å²) in [5.74, 6) is 1.66. The fourth-order valence-electron chi connectivity index (χ4n) is 5.21. The normalized spacial score (nSPS) is 11.0. The second kappa shape index (κ2) is 13.8. The van der Waals surface area contributed by atoms with E-state index in [-0.39, 0.29) is 5.16 Å². The number of nitrogens with zero attached hydrogens (tertiary/aromatic N) is 2. The van der Waals surface area contributed by atoms with Gasteiger partial charge < -0.3 is 4.57 Å². The van der Waals surface area contributed by atoms with Gasteiger partial charge in [-0.15, -0.1) is 5.98 Å². The molecule has 0 amide bonds. The van der Waals surface area contributed by atoms with Crippen molar-refractivity contribution in [2.45, 2.75) is 5.16 Å². The number of aromatic nitrogens is 2. The first-order valence-electron chi connectivity index (χ1n) is 13.6. The van der Waals surface area contributed by atoms with Gasteiger partial charge in [-0.25, -0.2) is 4.98 Å². The molecule has 0 aliphatic carbocycles. The average molecular weight is 565 g/mol. The molecule has 5 heteroatoms. The van der Waals surface area contributed by atoms with E-state index in [4.69, 9.17) is 19.4 Å². The van der Waals surface area contributed by atoms with E-state index in [1.165, 1.54) is 16.3 Å². The van der Waals surface area contributed by atoms with Crippen LogP contribution < -0.4 is 5.19 Å². The molecular weight excluding hydrogens is 535 g/mol. The molecule has 0 unspecified atom stereocenters. The third-order valence-corrected chi connectivity index (χ3v) is 9.91. The summed E-state index contributed by atoms with van der Waals surface area (Å²) < 4.78 is 2.25. The number of halogens is 1. The van der Waals surface area contributed by atoms with Crippen molar-refractivity contribution in [1.82, 2.24) is 9.55 Å². The van der Waals surface area contributed by atoms with E-state index in [0.717, 1.165) is 21.7 Å². The van der Waals surface area contributed by atoms with Crippen molar-refractivity contribution < 1.29 is 0 Å². The molecule has 1 heterocycles. The van der Waals surface area contributed by atoms with Crippen LogP contribution in [0.2, 0.25) is 5.02 Å². The summed E-state index contributed by atoms with van der Waals surface area (Å²) in [6, 6.07) is 50.0. The second-order valence-corrected chi connectivity index (χ2v) is 12.3. The van der Waals surface area contributed by atoms with Crippen molar-refractivity contribution in [2.75, 3.05) is 0 Å². The van der Waals surface area contributed by atoms with Gasteiger partial charge in [0, 0.05) is 17.4 Å². The lowest BCUT2D eigenvalue weighted by Crippen LogP contribution is -2.46. The van der Waals surface area contributed by atoms with Crippen molar-refractivity contribution in [3.8, 4) is 0 Å². The third-order valence-electron chi connectivity index (χ3n) is 7.13. The topological polar surface area (TPSA) is 17.8 Å². The van der Waals surface area contributed by atoms with Gasteiger partial charge in [-0.1, -0.05) is 150 Å². The average Bonchev–Trinajstić information content (AvgIpc) is 3.58. The fraction of sp³-hybridized carbons (Fsp3) is 0.0278. The highest BCUT2D eigenvalue weighted by atomic mass is 35.5. The van der Waals surface area contributed by atoms with E-state index in [2.05, 4.69) is 113 Å². The van der Waals surface area contributed by atoms with Crippen LogP contribution in [0.15, 0.2) is 170 Å². The Morgan fingerprint density at radius 1 is 0.683 bits per heavy atom. The zero-order valence-electron chi connectivity index (χ0n) is 22.7. The van der Waals surface area contributed by atoms with Gasteiger partial charge in [0.15, 0.2) is 0 Å². The summed E-state index contributed by atoms with van der Waals surface area (Å²) in [5.41, 5.74) is 5.90. The number of imidazole rings is 1. The van der Waals surface area contributed by atoms with Crippen molar-refractivity contribution in [3.05, 3.63) is 198 Å². The van der Waals surface area contributed by atoms with Gasteiger partial charge >= 0.3 is 0 Å². The third kappa shape index (κ3) is 6.68. The Labute approximate surface area is 251 Å². The predicted octanol–water partition coefficient (Wildman–Crippen LogP) is 7.02. The first kappa shape index (κ1) is 28.2. The molecule has 6 rings (SSSR count). The van der Waals surface area contributed by atoms with E-state index in [1.54, 1.807) is 5.98 Å². The Bertz CT molecular complexity index is 1580. The lowest BCUT2D eigenvalue weighted by Gasteiger charge is -2.37. The molecule has 0 atom stereocenters. The van der Waals surface area contributed by atoms with Crippen molar-refractivity contribution in [2.24, 2.45) is 0 Å². The highest BCUT2D eigenvalue weighted by Crippen LogP contribution is 2.33. The smallest absolute Gasteiger partial charge is 0.103 e. The molecule has 0 aliphatic heterocycles. The number of rotatable bonds is 7. The van der Waals surface area contributed by atoms with Gasteiger partial charge in [0.25, 0.3) is 0 Å². The van der Waals surface area contributed by atoms with E-state index in [9.17, 15) is 0 Å². The molecule has 0 saturated carbocycles. The summed E-state index contributed by atoms with van der Waals surface area (Å²) in [6.07, 6.45) is 5.85. The van der Waals surface area contributed by atoms with Crippen LogP contribution in [0.5, 0.6) is 0 Å². The fourth-order valence-corrected chi connectivity index (χ4v) is 7.97. The molecule has 0 aliphatic rings. The molecule has 198 valence electrons. The zero-order valence-corrected chi connectivity index (χ0v) is 24.9. The largest absolute Gasteiger partial charge is 0.326 e. The molecule has 1 aromatic heterocycles. The summed E-state index contributed by atoms with van der Waals surface area (Å²) in [5, 5.41) is 1.85. The Balaban J connectivity index is 0.000000191. The number of benzene rings is 5. The van der Waals surface area contributed by atoms with Crippen LogP contribution in [0, 0.1) is 0 Å². The van der Waals surface area contributed by atoms with E-state index in [0.29, 0.717) is 0 Å². The Morgan fingerprint density at radius 3 is 1.63 bits per heavy atom. The molecule has 2 radical (unpaired) electrons. The zero-order chi connectivity index (χ0) is 28.3. The van der Waals surface area contributed by atoms with Gasteiger partial charge in [-0.2, -0.15) is 0 Å². The van der Waals surface area contributed by atoms with Crippen LogP contribution in [0.4, 0.5) is 0 Å². The van der Waals surface area contributed by atoms with Gasteiger partial charge in [0.2, 0.25) is 0 Å². The lowest BCUT2D eigenvalue weighted by molar-refractivity contribution is 0.596. The summed E-state index contributed by atoms with van der Waals surface area (Å²) >= 11 is 6.29. The van der Waals surface area contributed by atoms with Gasteiger partial charge in [0.1, 0.15) is 7.85 Å². The van der Waals surface area contributed by atoms with Crippen molar-refractivity contribution in [1.29, 1.82) is 0 Å². The minimum absolute atomic E-state index is 0.260. The number of hydrogen-bond donors (Lipinski definition) is 0. The van der Waals surface area contributed by atoms with E-state index < -0.39 is 9.52 Å². The standard InChI is InChI=1S/C22H19ClN2Si.C14H11B/c23-20-12-7-13-21(16-20)26-22(25-15-14-24-17-25,18-8-3-1-4-9-18)19-10-5-2-6-11-19;15-11-14(12-7-3-1-4-8-12)13-9-5-2-6-10-13/h1-17H,26H2;1-11H. The molecule has 0 fully saturated rings. The SMILES string of the molecule is Clc1cccc([SiH2]C(c2ccccc2)(c2ccccc2)n2ccnc2)c1.[B]C=C(c1ccccc1)c1ccccc1. The minimum Gasteiger partial charge on any atom is -0.326 e. The van der Waals surface area contributed by atoms with Crippen LogP contribution >= 0.6 is 11.6 Å². The van der Waals surface area contributed by atoms with Crippen LogP contribution in [-0.4, -0.2) is 26.9 Å². The maximum atomic E-state index is 6.29. The maximum absolute atomic E-state index is 6.29. The Kier molecular flexibility index (Phi) is 9.48. The maximum Gasteiger partial charge on any atom is 0.103 e. The van der Waals surface area contributed by atoms with Crippen molar-refractivity contribution >= 4 is 39.7 Å². The van der Waals surface area contributed by atoms with Crippen LogP contribution in [0.3, 0.4) is 0 Å². The minimum atomic E-state index is -0.853. The highest BCUT2D eigenvalue weighted by Gasteiger charge is 2.36. The van der Waals surface area contributed by atoms with E-state index >= 15 is 0 Å². The highest BCUT2D eigenvalue weighted by molar-refractivity contribution is 6.58. The first-order valence-corrected chi connectivity index (χ1v) is 15.4. The molecule has 2 nitrogen and oxygen atoms in total. The number of hydrogen-bond acceptors (Lipinski definition) is 1. The molecule has 0 saturated heterocycles. The molecular formula is C36H30BClN2Si. The summed E-state index contributed by atoms with van der Waals surface area (Å²) in [4.78, 5) is 4.36. The van der Waals surface area contributed by atoms with Crippen LogP contribution in [0.25, 0.3) is 5.57 Å².